The van der Waals surface area contributed by atoms with E-state index in [1.807, 2.05) is 12.2 Å². The lowest BCUT2D eigenvalue weighted by molar-refractivity contribution is 0.867. The Morgan fingerprint density at radius 3 is 2.30 bits per heavy atom. The van der Waals surface area contributed by atoms with Crippen molar-refractivity contribution >= 4 is 0 Å². The van der Waals surface area contributed by atoms with Crippen molar-refractivity contribution in [3.8, 4) is 0 Å². The lowest BCUT2D eigenvalue weighted by atomic mass is 10.2. The van der Waals surface area contributed by atoms with Crippen LogP contribution in [0.15, 0.2) is 37.5 Å². The minimum Gasteiger partial charge on any atom is -0.103 e. The first-order valence-corrected chi connectivity index (χ1v) is 3.78. The highest BCUT2D eigenvalue weighted by Crippen LogP contribution is 1.97. The highest BCUT2D eigenvalue weighted by atomic mass is 13.8. The van der Waals surface area contributed by atoms with E-state index in [1.54, 1.807) is 0 Å². The van der Waals surface area contributed by atoms with Crippen molar-refractivity contribution in [2.24, 2.45) is 0 Å². The maximum atomic E-state index is 3.65. The lowest BCUT2D eigenvalue weighted by Gasteiger charge is -1.87. The quantitative estimate of drug-likeness (QED) is 0.387. The summed E-state index contributed by atoms with van der Waals surface area (Å²) in [7, 11) is 0. The van der Waals surface area contributed by atoms with Crippen LogP contribution in [0.25, 0.3) is 0 Å². The van der Waals surface area contributed by atoms with Crippen molar-refractivity contribution in [2.75, 3.05) is 0 Å². The first-order valence-electron chi connectivity index (χ1n) is 3.78. The Balaban J connectivity index is 3.01. The van der Waals surface area contributed by atoms with Gasteiger partial charge in [0, 0.05) is 0 Å². The summed E-state index contributed by atoms with van der Waals surface area (Å²) < 4.78 is 0. The van der Waals surface area contributed by atoms with Gasteiger partial charge in [-0.3, -0.25) is 0 Å². The van der Waals surface area contributed by atoms with Crippen LogP contribution in [0.4, 0.5) is 0 Å². The molecule has 0 aromatic carbocycles. The Kier molecular flexibility index (Phi) is 7.58. The van der Waals surface area contributed by atoms with E-state index in [2.05, 4.69) is 25.3 Å². The van der Waals surface area contributed by atoms with Gasteiger partial charge in [-0.1, -0.05) is 24.3 Å². The van der Waals surface area contributed by atoms with E-state index < -0.39 is 0 Å². The summed E-state index contributed by atoms with van der Waals surface area (Å²) in [6.07, 6.45) is 12.7. The van der Waals surface area contributed by atoms with Gasteiger partial charge >= 0.3 is 0 Å². The van der Waals surface area contributed by atoms with Crippen LogP contribution in [-0.4, -0.2) is 0 Å². The zero-order valence-corrected chi connectivity index (χ0v) is 6.55. The Morgan fingerprint density at radius 1 is 0.900 bits per heavy atom. The second kappa shape index (κ2) is 8.22. The van der Waals surface area contributed by atoms with E-state index in [-0.39, 0.29) is 0 Å². The maximum absolute atomic E-state index is 3.65. The van der Waals surface area contributed by atoms with Crippen LogP contribution in [0.1, 0.15) is 25.7 Å². The predicted molar refractivity (Wildman–Crippen MR) is 48.0 cm³/mol. The van der Waals surface area contributed by atoms with Crippen LogP contribution in [-0.2, 0) is 0 Å². The summed E-state index contributed by atoms with van der Waals surface area (Å²) in [4.78, 5) is 0. The van der Waals surface area contributed by atoms with Gasteiger partial charge in [0.25, 0.3) is 0 Å². The van der Waals surface area contributed by atoms with Crippen molar-refractivity contribution < 1.29 is 0 Å². The van der Waals surface area contributed by atoms with Gasteiger partial charge in [0.2, 0.25) is 0 Å². The largest absolute Gasteiger partial charge is 0.103 e. The summed E-state index contributed by atoms with van der Waals surface area (Å²) in [5.41, 5.74) is 0. The first-order chi connectivity index (χ1) is 4.91. The standard InChI is InChI=1S/C10H16/c1-3-5-7-9-10-8-6-4-2/h3-4,7,9H,1-2,5-6,8,10H2. The van der Waals surface area contributed by atoms with Gasteiger partial charge < -0.3 is 0 Å². The maximum Gasteiger partial charge on any atom is -0.0172 e. The molecular weight excluding hydrogens is 120 g/mol. The third kappa shape index (κ3) is 7.22. The molecule has 0 heteroatoms. The molecule has 0 aliphatic rings. The van der Waals surface area contributed by atoms with Crippen molar-refractivity contribution in [1.29, 1.82) is 0 Å². The molecule has 0 fully saturated rings. The monoisotopic (exact) mass is 136 g/mol. The third-order valence-electron chi connectivity index (χ3n) is 1.25. The van der Waals surface area contributed by atoms with Gasteiger partial charge in [0.15, 0.2) is 0 Å². The van der Waals surface area contributed by atoms with Crippen molar-refractivity contribution in [3.05, 3.63) is 37.5 Å². The van der Waals surface area contributed by atoms with Gasteiger partial charge in [0.05, 0.1) is 0 Å². The lowest BCUT2D eigenvalue weighted by Crippen LogP contribution is -1.67. The van der Waals surface area contributed by atoms with E-state index >= 15 is 0 Å². The number of unbranched alkanes of at least 4 members (excludes halogenated alkanes) is 2. The van der Waals surface area contributed by atoms with E-state index in [9.17, 15) is 0 Å². The zero-order valence-electron chi connectivity index (χ0n) is 6.55. The second-order valence-corrected chi connectivity index (χ2v) is 2.22. The number of rotatable bonds is 6. The molecule has 0 spiro atoms. The average Bonchev–Trinajstić information content (AvgIpc) is 1.97. The van der Waals surface area contributed by atoms with Crippen LogP contribution < -0.4 is 0 Å². The Morgan fingerprint density at radius 2 is 1.70 bits per heavy atom. The summed E-state index contributed by atoms with van der Waals surface area (Å²) in [5.74, 6) is 0. The Hall–Kier alpha value is -0.780. The topological polar surface area (TPSA) is 0 Å². The van der Waals surface area contributed by atoms with E-state index in [0.717, 1.165) is 12.8 Å². The van der Waals surface area contributed by atoms with Crippen LogP contribution in [0, 0.1) is 0 Å². The fourth-order valence-corrected chi connectivity index (χ4v) is 0.690. The fraction of sp³-hybridized carbons (Fsp3) is 0.400. The predicted octanol–water partition coefficient (Wildman–Crippen LogP) is 3.48. The number of hydrogen-bond acceptors (Lipinski definition) is 0. The Labute approximate surface area is 64.0 Å². The molecule has 0 N–H and O–H groups in total. The molecule has 0 saturated heterocycles. The molecule has 0 nitrogen and oxygen atoms in total. The molecule has 0 heterocycles. The summed E-state index contributed by atoms with van der Waals surface area (Å²) in [6.45, 7) is 7.28. The summed E-state index contributed by atoms with van der Waals surface area (Å²) in [6, 6.07) is 0. The summed E-state index contributed by atoms with van der Waals surface area (Å²) in [5, 5.41) is 0. The molecule has 0 atom stereocenters. The molecule has 0 aromatic rings. The molecule has 56 valence electrons. The van der Waals surface area contributed by atoms with Crippen LogP contribution in [0.2, 0.25) is 0 Å². The van der Waals surface area contributed by atoms with E-state index in [4.69, 9.17) is 0 Å². The molecule has 0 aliphatic carbocycles. The molecule has 10 heavy (non-hydrogen) atoms. The molecule has 0 aliphatic heterocycles. The summed E-state index contributed by atoms with van der Waals surface area (Å²) >= 11 is 0. The average molecular weight is 136 g/mol. The molecule has 0 saturated carbocycles. The van der Waals surface area contributed by atoms with E-state index in [1.165, 1.54) is 12.8 Å². The molecule has 0 radical (unpaired) electrons. The molecule has 0 unspecified atom stereocenters. The van der Waals surface area contributed by atoms with Crippen LogP contribution in [0.3, 0.4) is 0 Å². The first kappa shape index (κ1) is 9.22. The minimum absolute atomic E-state index is 0.994. The zero-order chi connectivity index (χ0) is 7.66. The minimum atomic E-state index is 0.994. The smallest absolute Gasteiger partial charge is 0.0172 e. The SMILES string of the molecule is C=CCC=CCCCC=C. The number of allylic oxidation sites excluding steroid dienone is 4. The van der Waals surface area contributed by atoms with Crippen molar-refractivity contribution in [1.82, 2.24) is 0 Å². The number of hydrogen-bond donors (Lipinski definition) is 0. The van der Waals surface area contributed by atoms with Crippen LogP contribution >= 0.6 is 0 Å². The molecule has 0 amide bonds. The fourth-order valence-electron chi connectivity index (χ4n) is 0.690. The molecular formula is C10H16. The van der Waals surface area contributed by atoms with Crippen LogP contribution in [0.5, 0.6) is 0 Å². The van der Waals surface area contributed by atoms with Gasteiger partial charge in [-0.05, 0) is 25.7 Å². The Bertz CT molecular complexity index is 109. The van der Waals surface area contributed by atoms with Crippen molar-refractivity contribution in [2.45, 2.75) is 25.7 Å². The second-order valence-electron chi connectivity index (χ2n) is 2.22. The van der Waals surface area contributed by atoms with Gasteiger partial charge in [-0.25, -0.2) is 0 Å². The third-order valence-corrected chi connectivity index (χ3v) is 1.25. The highest BCUT2D eigenvalue weighted by molar-refractivity contribution is 4.88. The molecule has 0 aromatic heterocycles. The van der Waals surface area contributed by atoms with Gasteiger partial charge in [0.1, 0.15) is 0 Å². The highest BCUT2D eigenvalue weighted by Gasteiger charge is 1.77. The van der Waals surface area contributed by atoms with E-state index in [0.29, 0.717) is 0 Å². The van der Waals surface area contributed by atoms with Crippen molar-refractivity contribution in [3.63, 3.8) is 0 Å². The van der Waals surface area contributed by atoms with Gasteiger partial charge in [-0.15, -0.1) is 13.2 Å². The van der Waals surface area contributed by atoms with Gasteiger partial charge in [-0.2, -0.15) is 0 Å². The normalized spacial score (nSPS) is 10.0. The molecule has 0 bridgehead atoms. The molecule has 0 rings (SSSR count).